The van der Waals surface area contributed by atoms with E-state index < -0.39 is 42.5 Å². The molecule has 14 heteroatoms. The minimum absolute atomic E-state index is 0.493. The summed E-state index contributed by atoms with van der Waals surface area (Å²) in [4.78, 5) is 0. The molecule has 0 atom stereocenters. The van der Waals surface area contributed by atoms with Crippen molar-refractivity contribution >= 4 is 27.3 Å². The van der Waals surface area contributed by atoms with E-state index in [2.05, 4.69) is 27.7 Å². The van der Waals surface area contributed by atoms with Gasteiger partial charge < -0.3 is 0 Å². The Bertz CT molecular complexity index is 630. The third kappa shape index (κ3) is 12.9. The summed E-state index contributed by atoms with van der Waals surface area (Å²) in [5, 5.41) is 0. The first-order valence-corrected chi connectivity index (χ1v) is 16.7. The SMILES string of the molecule is CCCC[PH](CCCC)(CCCC)CCCC.O=S(=O)(NS(=O)(=O)C(F)(F)F)C(F)(F)F. The van der Waals surface area contributed by atoms with Crippen LogP contribution in [0.15, 0.2) is 0 Å². The fourth-order valence-electron chi connectivity index (χ4n) is 3.20. The molecule has 0 aromatic carbocycles. The largest absolute Gasteiger partial charge is 0.512 e. The predicted molar refractivity (Wildman–Crippen MR) is 121 cm³/mol. The molecule has 5 nitrogen and oxygen atoms in total. The number of alkyl halides is 6. The van der Waals surface area contributed by atoms with Gasteiger partial charge in [0.25, 0.3) is 0 Å². The van der Waals surface area contributed by atoms with Crippen LogP contribution in [0, 0.1) is 0 Å². The average molecular weight is 542 g/mol. The molecule has 32 heavy (non-hydrogen) atoms. The zero-order chi connectivity index (χ0) is 25.7. The van der Waals surface area contributed by atoms with Crippen LogP contribution < -0.4 is 4.13 Å². The van der Waals surface area contributed by atoms with Crippen molar-refractivity contribution in [2.45, 2.75) is 90.1 Å². The van der Waals surface area contributed by atoms with E-state index in [0.717, 1.165) is 0 Å². The maximum absolute atomic E-state index is 11.5. The Labute approximate surface area is 189 Å². The molecule has 0 aromatic heterocycles. The molecule has 0 spiro atoms. The molecule has 0 rings (SSSR count). The maximum Gasteiger partial charge on any atom is 0.512 e. The Morgan fingerprint density at radius 1 is 0.562 bits per heavy atom. The Morgan fingerprint density at radius 2 is 0.781 bits per heavy atom. The summed E-state index contributed by atoms with van der Waals surface area (Å²) in [6.07, 6.45) is 18.1. The zero-order valence-electron chi connectivity index (χ0n) is 19.2. The Morgan fingerprint density at radius 3 is 0.938 bits per heavy atom. The average Bonchev–Trinajstić information content (AvgIpc) is 2.65. The van der Waals surface area contributed by atoms with Crippen LogP contribution in [0.2, 0.25) is 0 Å². The van der Waals surface area contributed by atoms with Gasteiger partial charge in [-0.15, -0.1) is 0 Å². The van der Waals surface area contributed by atoms with Gasteiger partial charge in [-0.3, -0.25) is 0 Å². The van der Waals surface area contributed by atoms with Gasteiger partial charge in [0.15, 0.2) is 0 Å². The van der Waals surface area contributed by atoms with E-state index in [1.807, 2.05) is 0 Å². The van der Waals surface area contributed by atoms with E-state index in [1.54, 1.807) is 24.6 Å². The van der Waals surface area contributed by atoms with Gasteiger partial charge >= 0.3 is 142 Å². The molecule has 0 bridgehead atoms. The molecule has 0 fully saturated rings. The minimum atomic E-state index is -6.60. The number of rotatable bonds is 14. The summed E-state index contributed by atoms with van der Waals surface area (Å²) < 4.78 is 108. The van der Waals surface area contributed by atoms with Crippen molar-refractivity contribution < 1.29 is 43.2 Å². The van der Waals surface area contributed by atoms with Crippen LogP contribution >= 0.6 is 7.26 Å². The fourth-order valence-corrected chi connectivity index (χ4v) is 11.0. The van der Waals surface area contributed by atoms with Crippen molar-refractivity contribution in [3.05, 3.63) is 0 Å². The molecule has 0 unspecified atom stereocenters. The molecule has 1 N–H and O–H groups in total. The molecule has 0 aromatic rings. The summed E-state index contributed by atoms with van der Waals surface area (Å²) >= 11 is 0. The van der Waals surface area contributed by atoms with Crippen molar-refractivity contribution in [1.82, 2.24) is 4.13 Å². The fraction of sp³-hybridized carbons (Fsp3) is 1.00. The monoisotopic (exact) mass is 541 g/mol. The van der Waals surface area contributed by atoms with Gasteiger partial charge in [-0.05, 0) is 0 Å². The van der Waals surface area contributed by atoms with E-state index >= 15 is 0 Å². The molecule has 0 aliphatic heterocycles. The van der Waals surface area contributed by atoms with Gasteiger partial charge in [-0.25, -0.2) is 16.8 Å². The third-order valence-corrected chi connectivity index (χ3v) is 13.7. The summed E-state index contributed by atoms with van der Waals surface area (Å²) in [5.41, 5.74) is -12.3. The number of unbranched alkanes of at least 4 members (excludes halogenated alkanes) is 4. The molecule has 0 amide bonds. The van der Waals surface area contributed by atoms with E-state index in [4.69, 9.17) is 0 Å². The smallest absolute Gasteiger partial charge is 0.202 e. The number of hydrogen-bond donors (Lipinski definition) is 1. The third-order valence-electron chi connectivity index (χ3n) is 5.07. The topological polar surface area (TPSA) is 80.3 Å². The van der Waals surface area contributed by atoms with Crippen molar-refractivity contribution in [3.63, 3.8) is 0 Å². The predicted octanol–water partition coefficient (Wildman–Crippen LogP) is 6.21. The van der Waals surface area contributed by atoms with Gasteiger partial charge in [0.05, 0.1) is 0 Å². The quantitative estimate of drug-likeness (QED) is 0.209. The van der Waals surface area contributed by atoms with E-state index in [9.17, 15) is 43.2 Å². The van der Waals surface area contributed by atoms with Gasteiger partial charge in [0.1, 0.15) is 0 Å². The first-order valence-electron chi connectivity index (χ1n) is 10.9. The molecule has 0 aliphatic rings. The van der Waals surface area contributed by atoms with Crippen molar-refractivity contribution in [1.29, 1.82) is 0 Å². The maximum atomic E-state index is 11.5. The normalized spacial score (nSPS) is 14.1. The van der Waals surface area contributed by atoms with E-state index in [-0.39, 0.29) is 0 Å². The Kier molecular flexibility index (Phi) is 15.9. The number of sulfonamides is 2. The number of halogens is 6. The molecule has 0 radical (unpaired) electrons. The molecule has 198 valence electrons. The molecule has 0 aliphatic carbocycles. The summed E-state index contributed by atoms with van der Waals surface area (Å²) in [6.45, 7) is 9.44. The van der Waals surface area contributed by atoms with Crippen LogP contribution in [0.4, 0.5) is 26.3 Å². The van der Waals surface area contributed by atoms with Crippen LogP contribution in [0.1, 0.15) is 79.1 Å². The second-order valence-corrected chi connectivity index (χ2v) is 16.5. The summed E-state index contributed by atoms with van der Waals surface area (Å²) in [6, 6.07) is 0. The molecular weight excluding hydrogens is 503 g/mol. The Hall–Kier alpha value is -0.130. The van der Waals surface area contributed by atoms with Crippen molar-refractivity contribution in [2.24, 2.45) is 0 Å². The van der Waals surface area contributed by atoms with E-state index in [0.29, 0.717) is 0 Å². The van der Waals surface area contributed by atoms with E-state index in [1.165, 1.54) is 51.4 Å². The minimum Gasteiger partial charge on any atom is -0.202 e. The summed E-state index contributed by atoms with van der Waals surface area (Å²) in [5.74, 6) is 0. The molecular formula is C18H38F6NO4PS2. The molecule has 0 heterocycles. The van der Waals surface area contributed by atoms with Crippen LogP contribution in [-0.4, -0.2) is 52.5 Å². The zero-order valence-corrected chi connectivity index (χ0v) is 21.8. The molecule has 0 saturated heterocycles. The van der Waals surface area contributed by atoms with Crippen LogP contribution in [0.3, 0.4) is 0 Å². The van der Waals surface area contributed by atoms with Gasteiger partial charge in [-0.2, -0.15) is 26.3 Å². The standard InChI is InChI=1S/C16H37P.C2HF6NO4S2/c1-5-9-13-17(14-10-6-2,15-11-7-3)16-12-8-4;3-1(4,5)14(10,11)9-15(12,13)2(6,7)8/h17H,5-16H2,1-4H3;9H. The first-order chi connectivity index (χ1) is 14.4. The second kappa shape index (κ2) is 15.0. The van der Waals surface area contributed by atoms with Crippen molar-refractivity contribution in [2.75, 3.05) is 24.6 Å². The summed E-state index contributed by atoms with van der Waals surface area (Å²) in [7, 11) is -14.1. The molecule has 0 saturated carbocycles. The van der Waals surface area contributed by atoms with Gasteiger partial charge in [-0.1, -0.05) is 4.13 Å². The number of hydrogen-bond acceptors (Lipinski definition) is 4. The van der Waals surface area contributed by atoms with Crippen LogP contribution in [-0.2, 0) is 20.0 Å². The first kappa shape index (κ1) is 34.0. The Balaban J connectivity index is 0. The van der Waals surface area contributed by atoms with Crippen molar-refractivity contribution in [3.8, 4) is 0 Å². The van der Waals surface area contributed by atoms with Crippen LogP contribution in [0.25, 0.3) is 0 Å². The number of nitrogens with one attached hydrogen (secondary N) is 1. The van der Waals surface area contributed by atoms with Gasteiger partial charge in [0.2, 0.25) is 0 Å². The van der Waals surface area contributed by atoms with Crippen LogP contribution in [0.5, 0.6) is 0 Å². The van der Waals surface area contributed by atoms with Gasteiger partial charge in [0, 0.05) is 0 Å². The second-order valence-electron chi connectivity index (χ2n) is 7.90.